The van der Waals surface area contributed by atoms with Crippen molar-refractivity contribution in [3.63, 3.8) is 0 Å². The van der Waals surface area contributed by atoms with Crippen LogP contribution in [0.2, 0.25) is 0 Å². The zero-order valence-corrected chi connectivity index (χ0v) is 10.9. The van der Waals surface area contributed by atoms with Gasteiger partial charge >= 0.3 is 0 Å². The smallest absolute Gasteiger partial charge is 0.243 e. The highest BCUT2D eigenvalue weighted by Gasteiger charge is 2.20. The van der Waals surface area contributed by atoms with Gasteiger partial charge in [-0.2, -0.15) is 0 Å². The number of nitrogens with one attached hydrogen (secondary N) is 1. The van der Waals surface area contributed by atoms with E-state index in [1.54, 1.807) is 7.05 Å². The number of aromatic nitrogens is 1. The van der Waals surface area contributed by atoms with Crippen LogP contribution in [-0.2, 0) is 10.0 Å². The van der Waals surface area contributed by atoms with Gasteiger partial charge in [0.15, 0.2) is 0 Å². The first kappa shape index (κ1) is 13.9. The molecule has 0 saturated carbocycles. The lowest BCUT2D eigenvalue weighted by Gasteiger charge is -2.16. The Labute approximate surface area is 102 Å². The van der Waals surface area contributed by atoms with Gasteiger partial charge in [0.05, 0.1) is 4.90 Å². The molecule has 17 heavy (non-hydrogen) atoms. The quantitative estimate of drug-likeness (QED) is 0.581. The Bertz CT molecular complexity index is 461. The molecule has 0 radical (unpaired) electrons. The number of nitrogen functional groups attached to an aromatic ring is 1. The number of pyridine rings is 1. The summed E-state index contributed by atoms with van der Waals surface area (Å²) in [6.07, 6.45) is 3.20. The number of unbranched alkanes of at least 4 members (excludes halogenated alkanes) is 1. The molecule has 1 rings (SSSR count). The van der Waals surface area contributed by atoms with Crippen LogP contribution in [0.1, 0.15) is 19.8 Å². The van der Waals surface area contributed by atoms with Crippen molar-refractivity contribution in [1.82, 2.24) is 9.29 Å². The van der Waals surface area contributed by atoms with Crippen molar-refractivity contribution in [3.05, 3.63) is 18.3 Å². The summed E-state index contributed by atoms with van der Waals surface area (Å²) in [6.45, 7) is 2.52. The van der Waals surface area contributed by atoms with Crippen molar-refractivity contribution in [2.24, 2.45) is 5.84 Å². The van der Waals surface area contributed by atoms with Crippen molar-refractivity contribution in [2.75, 3.05) is 19.0 Å². The summed E-state index contributed by atoms with van der Waals surface area (Å²) >= 11 is 0. The van der Waals surface area contributed by atoms with E-state index in [9.17, 15) is 8.42 Å². The number of hydrogen-bond acceptors (Lipinski definition) is 5. The monoisotopic (exact) mass is 258 g/mol. The minimum absolute atomic E-state index is 0.194. The fourth-order valence-corrected chi connectivity index (χ4v) is 2.55. The summed E-state index contributed by atoms with van der Waals surface area (Å²) in [6, 6.07) is 2.87. The average Bonchev–Trinajstić information content (AvgIpc) is 2.35. The number of anilines is 1. The third kappa shape index (κ3) is 3.39. The van der Waals surface area contributed by atoms with Crippen LogP contribution >= 0.6 is 0 Å². The van der Waals surface area contributed by atoms with Crippen molar-refractivity contribution < 1.29 is 8.42 Å². The highest BCUT2D eigenvalue weighted by molar-refractivity contribution is 7.89. The summed E-state index contributed by atoms with van der Waals surface area (Å²) in [7, 11) is -1.88. The summed E-state index contributed by atoms with van der Waals surface area (Å²) in [5.41, 5.74) is 2.33. The molecule has 1 aromatic rings. The molecule has 0 amide bonds. The molecule has 0 aliphatic carbocycles. The van der Waals surface area contributed by atoms with Crippen LogP contribution in [0, 0.1) is 0 Å². The van der Waals surface area contributed by atoms with Crippen LogP contribution in [0.5, 0.6) is 0 Å². The van der Waals surface area contributed by atoms with E-state index in [0.29, 0.717) is 12.4 Å². The molecular formula is C10H18N4O2S. The van der Waals surface area contributed by atoms with E-state index in [0.717, 1.165) is 12.8 Å². The van der Waals surface area contributed by atoms with Gasteiger partial charge in [-0.15, -0.1) is 0 Å². The van der Waals surface area contributed by atoms with Gasteiger partial charge in [-0.3, -0.25) is 0 Å². The summed E-state index contributed by atoms with van der Waals surface area (Å²) in [4.78, 5) is 4.07. The maximum Gasteiger partial charge on any atom is 0.243 e. The largest absolute Gasteiger partial charge is 0.308 e. The Balaban J connectivity index is 2.95. The molecule has 0 aliphatic rings. The fourth-order valence-electron chi connectivity index (χ4n) is 1.33. The van der Waals surface area contributed by atoms with Crippen LogP contribution in [0.3, 0.4) is 0 Å². The van der Waals surface area contributed by atoms with Gasteiger partial charge in [-0.1, -0.05) is 13.3 Å². The van der Waals surface area contributed by atoms with E-state index in [1.807, 2.05) is 6.92 Å². The fraction of sp³-hybridized carbons (Fsp3) is 0.500. The van der Waals surface area contributed by atoms with Crippen molar-refractivity contribution in [3.8, 4) is 0 Å². The van der Waals surface area contributed by atoms with Crippen LogP contribution < -0.4 is 11.3 Å². The third-order valence-corrected chi connectivity index (χ3v) is 4.27. The first-order valence-corrected chi connectivity index (χ1v) is 6.85. The molecule has 0 unspecified atom stereocenters. The summed E-state index contributed by atoms with van der Waals surface area (Å²) in [5.74, 6) is 5.53. The normalized spacial score (nSPS) is 11.8. The van der Waals surface area contributed by atoms with Crippen LogP contribution in [-0.4, -0.2) is 31.3 Å². The first-order valence-electron chi connectivity index (χ1n) is 5.41. The van der Waals surface area contributed by atoms with Gasteiger partial charge < -0.3 is 5.43 Å². The summed E-state index contributed by atoms with van der Waals surface area (Å²) in [5, 5.41) is 0. The summed E-state index contributed by atoms with van der Waals surface area (Å²) < 4.78 is 25.6. The van der Waals surface area contributed by atoms with Gasteiger partial charge in [0.1, 0.15) is 5.82 Å². The Kier molecular flexibility index (Phi) is 4.86. The lowest BCUT2D eigenvalue weighted by atomic mass is 10.3. The van der Waals surface area contributed by atoms with E-state index in [1.165, 1.54) is 22.6 Å². The number of hydrazine groups is 1. The third-order valence-electron chi connectivity index (χ3n) is 2.41. The number of rotatable bonds is 6. The minimum Gasteiger partial charge on any atom is -0.308 e. The maximum absolute atomic E-state index is 12.1. The molecule has 3 N–H and O–H groups in total. The second-order valence-electron chi connectivity index (χ2n) is 3.70. The molecular weight excluding hydrogens is 240 g/mol. The molecule has 0 aliphatic heterocycles. The highest BCUT2D eigenvalue weighted by atomic mass is 32.2. The lowest BCUT2D eigenvalue weighted by molar-refractivity contribution is 0.459. The van der Waals surface area contributed by atoms with E-state index >= 15 is 0 Å². The van der Waals surface area contributed by atoms with Crippen LogP contribution in [0.4, 0.5) is 5.82 Å². The topological polar surface area (TPSA) is 88.3 Å². The minimum atomic E-state index is -3.45. The van der Waals surface area contributed by atoms with Gasteiger partial charge in [-0.25, -0.2) is 23.5 Å². The zero-order chi connectivity index (χ0) is 12.9. The lowest BCUT2D eigenvalue weighted by Crippen LogP contribution is -2.28. The molecule has 1 heterocycles. The molecule has 0 saturated heterocycles. The van der Waals surface area contributed by atoms with Crippen molar-refractivity contribution in [2.45, 2.75) is 24.7 Å². The first-order chi connectivity index (χ1) is 8.02. The number of nitrogens with zero attached hydrogens (tertiary/aromatic N) is 2. The highest BCUT2D eigenvalue weighted by Crippen LogP contribution is 2.16. The Morgan fingerprint density at radius 3 is 2.82 bits per heavy atom. The molecule has 0 fully saturated rings. The predicted octanol–water partition coefficient (Wildman–Crippen LogP) is 0.788. The molecule has 6 nitrogen and oxygen atoms in total. The second-order valence-corrected chi connectivity index (χ2v) is 5.75. The van der Waals surface area contributed by atoms with E-state index in [4.69, 9.17) is 5.84 Å². The Morgan fingerprint density at radius 1 is 1.53 bits per heavy atom. The number of sulfonamides is 1. The average molecular weight is 258 g/mol. The van der Waals surface area contributed by atoms with E-state index in [-0.39, 0.29) is 4.90 Å². The van der Waals surface area contributed by atoms with Crippen LogP contribution in [0.15, 0.2) is 23.2 Å². The standard InChI is InChI=1S/C10H18N4O2S/c1-3-4-7-14(2)17(15,16)9-5-6-12-10(8-9)13-11/h5-6,8H,3-4,7,11H2,1-2H3,(H,12,13). The molecule has 1 aromatic heterocycles. The maximum atomic E-state index is 12.1. The zero-order valence-electron chi connectivity index (χ0n) is 10.0. The predicted molar refractivity (Wildman–Crippen MR) is 66.8 cm³/mol. The van der Waals surface area contributed by atoms with Crippen molar-refractivity contribution >= 4 is 15.8 Å². The molecule has 0 aromatic carbocycles. The van der Waals surface area contributed by atoms with E-state index in [2.05, 4.69) is 10.4 Å². The van der Waals surface area contributed by atoms with E-state index < -0.39 is 10.0 Å². The number of hydrogen-bond donors (Lipinski definition) is 2. The van der Waals surface area contributed by atoms with Crippen LogP contribution in [0.25, 0.3) is 0 Å². The Hall–Kier alpha value is -1.18. The Morgan fingerprint density at radius 2 is 2.24 bits per heavy atom. The SMILES string of the molecule is CCCCN(C)S(=O)(=O)c1ccnc(NN)c1. The molecule has 0 bridgehead atoms. The van der Waals surface area contributed by atoms with Gasteiger partial charge in [0, 0.05) is 25.9 Å². The molecule has 0 atom stereocenters. The number of nitrogens with two attached hydrogens (primary N) is 1. The van der Waals surface area contributed by atoms with Gasteiger partial charge in [0.25, 0.3) is 0 Å². The van der Waals surface area contributed by atoms with Crippen molar-refractivity contribution in [1.29, 1.82) is 0 Å². The second kappa shape index (κ2) is 5.95. The van der Waals surface area contributed by atoms with Gasteiger partial charge in [-0.05, 0) is 12.5 Å². The molecule has 96 valence electrons. The molecule has 0 spiro atoms. The molecule has 7 heteroatoms. The van der Waals surface area contributed by atoms with Gasteiger partial charge in [0.2, 0.25) is 10.0 Å².